The van der Waals surface area contributed by atoms with Gasteiger partial charge in [-0.1, -0.05) is 17.7 Å². The second-order valence-electron chi connectivity index (χ2n) is 3.99. The Kier molecular flexibility index (Phi) is 2.72. The Labute approximate surface area is 94.0 Å². The zero-order chi connectivity index (χ0) is 11.0. The van der Waals surface area contributed by atoms with E-state index in [1.165, 1.54) is 0 Å². The summed E-state index contributed by atoms with van der Waals surface area (Å²) in [5.74, 6) is 0.879. The van der Waals surface area contributed by atoms with Crippen molar-refractivity contribution in [3.63, 3.8) is 0 Å². The highest BCUT2D eigenvalue weighted by Gasteiger charge is 2.10. The molecule has 0 spiro atoms. The Hall–Kier alpha value is -0.990. The summed E-state index contributed by atoms with van der Waals surface area (Å²) < 4.78 is 5.49. The Bertz CT molecular complexity index is 488. The predicted molar refractivity (Wildman–Crippen MR) is 63.3 cm³/mol. The maximum Gasteiger partial charge on any atom is 0.135 e. The summed E-state index contributed by atoms with van der Waals surface area (Å²) in [5, 5.41) is 1.74. The topological polar surface area (TPSA) is 39.2 Å². The van der Waals surface area contributed by atoms with Gasteiger partial charge in [0, 0.05) is 11.4 Å². The molecule has 2 aromatic rings. The molecule has 1 heterocycles. The number of hydrogen-bond donors (Lipinski definition) is 1. The van der Waals surface area contributed by atoms with Crippen LogP contribution in [0.5, 0.6) is 0 Å². The van der Waals surface area contributed by atoms with Gasteiger partial charge in [0.2, 0.25) is 0 Å². The van der Waals surface area contributed by atoms with Crippen molar-refractivity contribution >= 4 is 22.6 Å². The number of hydrogen-bond acceptors (Lipinski definition) is 2. The molecule has 2 nitrogen and oxygen atoms in total. The zero-order valence-electron chi connectivity index (χ0n) is 8.88. The minimum absolute atomic E-state index is 0.118. The first-order valence-electron chi connectivity index (χ1n) is 5.01. The Morgan fingerprint density at radius 3 is 2.87 bits per heavy atom. The number of benzene rings is 1. The van der Waals surface area contributed by atoms with Crippen LogP contribution in [0.2, 0.25) is 5.02 Å². The molecule has 0 radical (unpaired) electrons. The molecule has 1 atom stereocenters. The van der Waals surface area contributed by atoms with Gasteiger partial charge in [-0.3, -0.25) is 0 Å². The van der Waals surface area contributed by atoms with E-state index in [-0.39, 0.29) is 6.04 Å². The lowest BCUT2D eigenvalue weighted by atomic mass is 10.1. The van der Waals surface area contributed by atoms with Gasteiger partial charge in [-0.15, -0.1) is 0 Å². The van der Waals surface area contributed by atoms with Gasteiger partial charge in [-0.2, -0.15) is 0 Å². The highest BCUT2D eigenvalue weighted by molar-refractivity contribution is 6.36. The molecule has 1 aromatic carbocycles. The van der Waals surface area contributed by atoms with Gasteiger partial charge >= 0.3 is 0 Å². The molecule has 3 heteroatoms. The number of halogens is 1. The van der Waals surface area contributed by atoms with Crippen molar-refractivity contribution in [3.05, 3.63) is 34.5 Å². The molecule has 0 fully saturated rings. The van der Waals surface area contributed by atoms with Crippen LogP contribution < -0.4 is 5.73 Å². The highest BCUT2D eigenvalue weighted by Crippen LogP contribution is 2.30. The van der Waals surface area contributed by atoms with Crippen molar-refractivity contribution in [2.45, 2.75) is 26.3 Å². The number of aryl methyl sites for hydroxylation is 1. The fourth-order valence-corrected chi connectivity index (χ4v) is 2.04. The molecular weight excluding hydrogens is 210 g/mol. The van der Waals surface area contributed by atoms with Crippen molar-refractivity contribution in [1.29, 1.82) is 0 Å². The van der Waals surface area contributed by atoms with E-state index in [0.717, 1.165) is 33.7 Å². The van der Waals surface area contributed by atoms with E-state index in [9.17, 15) is 0 Å². The third-order valence-corrected chi connectivity index (χ3v) is 2.83. The molecule has 0 aliphatic rings. The molecular formula is C12H14ClNO. The highest BCUT2D eigenvalue weighted by atomic mass is 35.5. The smallest absolute Gasteiger partial charge is 0.135 e. The van der Waals surface area contributed by atoms with Crippen LogP contribution in [0.4, 0.5) is 0 Å². The normalized spacial score (nSPS) is 13.3. The molecule has 0 aliphatic heterocycles. The zero-order valence-corrected chi connectivity index (χ0v) is 9.64. The van der Waals surface area contributed by atoms with Crippen molar-refractivity contribution in [3.8, 4) is 0 Å². The maximum atomic E-state index is 6.28. The summed E-state index contributed by atoms with van der Waals surface area (Å²) in [6.45, 7) is 3.89. The van der Waals surface area contributed by atoms with Gasteiger partial charge in [0.1, 0.15) is 11.3 Å². The van der Waals surface area contributed by atoms with Crippen LogP contribution in [0.15, 0.2) is 22.6 Å². The summed E-state index contributed by atoms with van der Waals surface area (Å²) in [6.07, 6.45) is 0.791. The summed E-state index contributed by atoms with van der Waals surface area (Å²) in [6, 6.07) is 6.01. The van der Waals surface area contributed by atoms with Gasteiger partial charge in [0.25, 0.3) is 0 Å². The van der Waals surface area contributed by atoms with Crippen LogP contribution in [0.25, 0.3) is 11.0 Å². The molecule has 2 rings (SSSR count). The van der Waals surface area contributed by atoms with Gasteiger partial charge in [-0.05, 0) is 38.0 Å². The van der Waals surface area contributed by atoms with Crippen molar-refractivity contribution in [1.82, 2.24) is 0 Å². The standard InChI is InChI=1S/C12H14ClNO/c1-7(14)5-9-3-4-11-10(12(9)13)6-8(2)15-11/h3-4,6-7H,5,14H2,1-2H3. The molecule has 0 aliphatic carbocycles. The molecule has 0 saturated carbocycles. The van der Waals surface area contributed by atoms with E-state index in [4.69, 9.17) is 21.8 Å². The quantitative estimate of drug-likeness (QED) is 0.849. The molecule has 15 heavy (non-hydrogen) atoms. The van der Waals surface area contributed by atoms with E-state index in [1.54, 1.807) is 0 Å². The number of furan rings is 1. The van der Waals surface area contributed by atoms with E-state index in [1.807, 2.05) is 32.0 Å². The van der Waals surface area contributed by atoms with Crippen LogP contribution in [0, 0.1) is 6.92 Å². The molecule has 0 bridgehead atoms. The second kappa shape index (κ2) is 3.87. The number of nitrogens with two attached hydrogens (primary N) is 1. The van der Waals surface area contributed by atoms with Crippen LogP contribution in [-0.2, 0) is 6.42 Å². The van der Waals surface area contributed by atoms with Crippen LogP contribution in [0.1, 0.15) is 18.2 Å². The predicted octanol–water partition coefficient (Wildman–Crippen LogP) is 3.28. The van der Waals surface area contributed by atoms with Crippen molar-refractivity contribution in [2.75, 3.05) is 0 Å². The average molecular weight is 224 g/mol. The van der Waals surface area contributed by atoms with Gasteiger partial charge in [-0.25, -0.2) is 0 Å². The van der Waals surface area contributed by atoms with Gasteiger partial charge in [0.05, 0.1) is 5.02 Å². The minimum atomic E-state index is 0.118. The summed E-state index contributed by atoms with van der Waals surface area (Å²) in [4.78, 5) is 0. The first-order valence-corrected chi connectivity index (χ1v) is 5.39. The van der Waals surface area contributed by atoms with Crippen molar-refractivity contribution < 1.29 is 4.42 Å². The lowest BCUT2D eigenvalue weighted by Gasteiger charge is -2.07. The molecule has 0 saturated heterocycles. The molecule has 1 aromatic heterocycles. The fraction of sp³-hybridized carbons (Fsp3) is 0.333. The monoisotopic (exact) mass is 223 g/mol. The number of rotatable bonds is 2. The molecule has 2 N–H and O–H groups in total. The average Bonchev–Trinajstić information content (AvgIpc) is 2.51. The molecule has 80 valence electrons. The Balaban J connectivity index is 2.54. The Morgan fingerprint density at radius 2 is 2.20 bits per heavy atom. The van der Waals surface area contributed by atoms with E-state index in [0.29, 0.717) is 0 Å². The summed E-state index contributed by atoms with van der Waals surface area (Å²) >= 11 is 6.28. The van der Waals surface area contributed by atoms with Crippen LogP contribution in [-0.4, -0.2) is 6.04 Å². The third kappa shape index (κ3) is 2.01. The van der Waals surface area contributed by atoms with Crippen molar-refractivity contribution in [2.24, 2.45) is 5.73 Å². The van der Waals surface area contributed by atoms with Crippen LogP contribution in [0.3, 0.4) is 0 Å². The third-order valence-electron chi connectivity index (χ3n) is 2.38. The largest absolute Gasteiger partial charge is 0.461 e. The van der Waals surface area contributed by atoms with Crippen LogP contribution >= 0.6 is 11.6 Å². The summed E-state index contributed by atoms with van der Waals surface area (Å²) in [7, 11) is 0. The van der Waals surface area contributed by atoms with Gasteiger partial charge in [0.15, 0.2) is 0 Å². The fourth-order valence-electron chi connectivity index (χ4n) is 1.75. The maximum absolute atomic E-state index is 6.28. The lowest BCUT2D eigenvalue weighted by Crippen LogP contribution is -2.17. The first-order chi connectivity index (χ1) is 7.08. The number of fused-ring (bicyclic) bond motifs is 1. The van der Waals surface area contributed by atoms with Gasteiger partial charge < -0.3 is 10.2 Å². The summed E-state index contributed by atoms with van der Waals surface area (Å²) in [5.41, 5.74) is 7.68. The SMILES string of the molecule is Cc1cc2c(Cl)c(CC(C)N)ccc2o1. The molecule has 0 amide bonds. The van der Waals surface area contributed by atoms with E-state index < -0.39 is 0 Å². The first kappa shape index (κ1) is 10.5. The Morgan fingerprint density at radius 1 is 1.47 bits per heavy atom. The minimum Gasteiger partial charge on any atom is -0.461 e. The second-order valence-corrected chi connectivity index (χ2v) is 4.37. The lowest BCUT2D eigenvalue weighted by molar-refractivity contribution is 0.578. The molecule has 1 unspecified atom stereocenters. The van der Waals surface area contributed by atoms with E-state index >= 15 is 0 Å². The van der Waals surface area contributed by atoms with E-state index in [2.05, 4.69) is 0 Å².